The highest BCUT2D eigenvalue weighted by Gasteiger charge is 2.40. The summed E-state index contributed by atoms with van der Waals surface area (Å²) in [4.78, 5) is 0. The molecule has 0 fully saturated rings. The van der Waals surface area contributed by atoms with Gasteiger partial charge in [0.15, 0.2) is 22.9 Å². The SMILES string of the molecule is CCOC(CC[Si](C)(O[Si](C)(C)C)O[Si](C)(C)C)OCC. The van der Waals surface area contributed by atoms with Gasteiger partial charge in [-0.2, -0.15) is 0 Å². The standard InChI is InChI=1S/C14H36O4Si3/c1-10-15-14(16-11-2)12-13-21(9,17-19(3,4)5)18-20(6,7)8/h14H,10-13H2,1-9H3. The normalized spacial score (nSPS) is 14.0. The summed E-state index contributed by atoms with van der Waals surface area (Å²) >= 11 is 0. The zero-order valence-electron chi connectivity index (χ0n) is 15.5. The van der Waals surface area contributed by atoms with Crippen LogP contribution in [0.2, 0.25) is 51.9 Å². The Kier molecular flexibility index (Phi) is 9.16. The molecule has 0 amide bonds. The molecular weight excluding hydrogens is 316 g/mol. The third kappa shape index (κ3) is 11.7. The highest BCUT2D eigenvalue weighted by Crippen LogP contribution is 2.26. The Balaban J connectivity index is 4.80. The summed E-state index contributed by atoms with van der Waals surface area (Å²) in [6, 6.07) is 0.923. The van der Waals surface area contributed by atoms with E-state index in [1.54, 1.807) is 0 Å². The molecule has 0 rings (SSSR count). The van der Waals surface area contributed by atoms with Gasteiger partial charge in [-0.1, -0.05) is 0 Å². The van der Waals surface area contributed by atoms with Crippen molar-refractivity contribution in [3.63, 3.8) is 0 Å². The molecule has 128 valence electrons. The highest BCUT2D eigenvalue weighted by molar-refractivity contribution is 6.87. The van der Waals surface area contributed by atoms with E-state index in [9.17, 15) is 0 Å². The minimum absolute atomic E-state index is 0.137. The van der Waals surface area contributed by atoms with Crippen LogP contribution in [0.5, 0.6) is 0 Å². The van der Waals surface area contributed by atoms with Crippen LogP contribution in [0, 0.1) is 0 Å². The van der Waals surface area contributed by atoms with Crippen molar-refractivity contribution in [1.82, 2.24) is 0 Å². The van der Waals surface area contributed by atoms with Crippen LogP contribution in [0.15, 0.2) is 0 Å². The van der Waals surface area contributed by atoms with Gasteiger partial charge in [-0.15, -0.1) is 0 Å². The molecule has 0 heterocycles. The first-order valence-electron chi connectivity index (χ1n) is 8.04. The van der Waals surface area contributed by atoms with E-state index in [1.165, 1.54) is 0 Å². The zero-order valence-corrected chi connectivity index (χ0v) is 18.5. The maximum absolute atomic E-state index is 6.49. The Bertz CT molecular complexity index is 265. The summed E-state index contributed by atoms with van der Waals surface area (Å²) in [6.45, 7) is 20.9. The minimum Gasteiger partial charge on any atom is -0.437 e. The Morgan fingerprint density at radius 1 is 0.714 bits per heavy atom. The first-order valence-corrected chi connectivity index (χ1v) is 17.4. The summed E-state index contributed by atoms with van der Waals surface area (Å²) in [5.41, 5.74) is 0. The van der Waals surface area contributed by atoms with Crippen molar-refractivity contribution >= 4 is 25.2 Å². The van der Waals surface area contributed by atoms with Gasteiger partial charge < -0.3 is 17.7 Å². The molecule has 0 saturated heterocycles. The second kappa shape index (κ2) is 8.95. The highest BCUT2D eigenvalue weighted by atomic mass is 28.5. The molecule has 0 bridgehead atoms. The lowest BCUT2D eigenvalue weighted by atomic mass is 10.4. The van der Waals surface area contributed by atoms with Crippen LogP contribution in [0.1, 0.15) is 20.3 Å². The molecule has 0 aromatic carbocycles. The summed E-state index contributed by atoms with van der Waals surface area (Å²) in [7, 11) is -5.43. The van der Waals surface area contributed by atoms with Crippen LogP contribution in [-0.2, 0) is 17.7 Å². The first kappa shape index (κ1) is 21.5. The molecule has 0 aliphatic heterocycles. The second-order valence-corrected chi connectivity index (χ2v) is 20.3. The third-order valence-corrected chi connectivity index (χ3v) is 12.1. The van der Waals surface area contributed by atoms with Gasteiger partial charge in [0.2, 0.25) is 0 Å². The Morgan fingerprint density at radius 2 is 1.10 bits per heavy atom. The van der Waals surface area contributed by atoms with Crippen LogP contribution in [0.4, 0.5) is 0 Å². The van der Waals surface area contributed by atoms with Gasteiger partial charge in [0.1, 0.15) is 0 Å². The molecule has 0 saturated carbocycles. The van der Waals surface area contributed by atoms with E-state index in [0.29, 0.717) is 13.2 Å². The van der Waals surface area contributed by atoms with Gasteiger partial charge in [-0.3, -0.25) is 0 Å². The molecule has 0 N–H and O–H groups in total. The van der Waals surface area contributed by atoms with Crippen molar-refractivity contribution in [2.75, 3.05) is 13.2 Å². The summed E-state index contributed by atoms with van der Waals surface area (Å²) in [5.74, 6) is 0. The molecule has 0 aliphatic carbocycles. The fourth-order valence-corrected chi connectivity index (χ4v) is 14.9. The molecule has 0 atom stereocenters. The van der Waals surface area contributed by atoms with Crippen molar-refractivity contribution in [3.05, 3.63) is 0 Å². The number of ether oxygens (including phenoxy) is 2. The molecule has 0 aromatic heterocycles. The fourth-order valence-electron chi connectivity index (χ4n) is 2.38. The molecule has 0 aliphatic rings. The molecule has 0 unspecified atom stereocenters. The monoisotopic (exact) mass is 352 g/mol. The molecular formula is C14H36O4Si3. The summed E-state index contributed by atoms with van der Waals surface area (Å²) < 4.78 is 24.3. The summed E-state index contributed by atoms with van der Waals surface area (Å²) in [5, 5.41) is 0. The van der Waals surface area contributed by atoms with E-state index >= 15 is 0 Å². The van der Waals surface area contributed by atoms with E-state index in [2.05, 4.69) is 45.8 Å². The van der Waals surface area contributed by atoms with Crippen molar-refractivity contribution in [2.45, 2.75) is 78.4 Å². The molecule has 0 spiro atoms. The van der Waals surface area contributed by atoms with Gasteiger partial charge in [-0.05, 0) is 65.7 Å². The van der Waals surface area contributed by atoms with Crippen LogP contribution in [0.3, 0.4) is 0 Å². The van der Waals surface area contributed by atoms with Crippen LogP contribution >= 0.6 is 0 Å². The van der Waals surface area contributed by atoms with Gasteiger partial charge in [0.05, 0.1) is 0 Å². The van der Waals surface area contributed by atoms with Crippen molar-refractivity contribution in [2.24, 2.45) is 0 Å². The fraction of sp³-hybridized carbons (Fsp3) is 1.00. The maximum Gasteiger partial charge on any atom is 0.314 e. The molecule has 7 heteroatoms. The lowest BCUT2D eigenvalue weighted by Gasteiger charge is -2.39. The van der Waals surface area contributed by atoms with E-state index in [0.717, 1.165) is 12.5 Å². The average molecular weight is 353 g/mol. The van der Waals surface area contributed by atoms with E-state index in [4.69, 9.17) is 17.7 Å². The predicted molar refractivity (Wildman–Crippen MR) is 96.9 cm³/mol. The van der Waals surface area contributed by atoms with Crippen molar-refractivity contribution in [1.29, 1.82) is 0 Å². The van der Waals surface area contributed by atoms with Crippen LogP contribution in [-0.4, -0.2) is 44.7 Å². The van der Waals surface area contributed by atoms with E-state index < -0.39 is 25.2 Å². The molecule has 4 nitrogen and oxygen atoms in total. The maximum atomic E-state index is 6.49. The number of hydrogen-bond acceptors (Lipinski definition) is 4. The van der Waals surface area contributed by atoms with Gasteiger partial charge in [0, 0.05) is 19.6 Å². The lowest BCUT2D eigenvalue weighted by molar-refractivity contribution is -0.137. The first-order chi connectivity index (χ1) is 9.41. The minimum atomic E-state index is -2.18. The molecule has 0 aromatic rings. The topological polar surface area (TPSA) is 36.9 Å². The average Bonchev–Trinajstić information content (AvgIpc) is 2.21. The summed E-state index contributed by atoms with van der Waals surface area (Å²) in [6.07, 6.45) is 0.710. The predicted octanol–water partition coefficient (Wildman–Crippen LogP) is 4.55. The van der Waals surface area contributed by atoms with Crippen molar-refractivity contribution in [3.8, 4) is 0 Å². The third-order valence-electron chi connectivity index (χ3n) is 2.58. The number of hydrogen-bond donors (Lipinski definition) is 0. The van der Waals surface area contributed by atoms with Gasteiger partial charge in [0.25, 0.3) is 0 Å². The van der Waals surface area contributed by atoms with Gasteiger partial charge >= 0.3 is 8.56 Å². The van der Waals surface area contributed by atoms with Gasteiger partial charge in [-0.25, -0.2) is 0 Å². The second-order valence-electron chi connectivity index (χ2n) is 7.44. The smallest absolute Gasteiger partial charge is 0.314 e. The molecule has 21 heavy (non-hydrogen) atoms. The number of rotatable bonds is 11. The quantitative estimate of drug-likeness (QED) is 0.404. The zero-order chi connectivity index (χ0) is 16.7. The Morgan fingerprint density at radius 3 is 1.38 bits per heavy atom. The van der Waals surface area contributed by atoms with Crippen LogP contribution in [0.25, 0.3) is 0 Å². The van der Waals surface area contributed by atoms with Crippen molar-refractivity contribution < 1.29 is 17.7 Å². The Labute approximate surface area is 135 Å². The van der Waals surface area contributed by atoms with Crippen LogP contribution < -0.4 is 0 Å². The Hall–Kier alpha value is 0.491. The largest absolute Gasteiger partial charge is 0.437 e. The van der Waals surface area contributed by atoms with E-state index in [1.807, 2.05) is 13.8 Å². The lowest BCUT2D eigenvalue weighted by Crippen LogP contribution is -2.52. The molecule has 0 radical (unpaired) electrons. The van der Waals surface area contributed by atoms with E-state index in [-0.39, 0.29) is 6.29 Å².